The van der Waals surface area contributed by atoms with Crippen molar-refractivity contribution in [3.05, 3.63) is 12.2 Å². The van der Waals surface area contributed by atoms with Crippen LogP contribution in [0.5, 0.6) is 0 Å². The molecule has 2 aliphatic carbocycles. The molecule has 6 nitrogen and oxygen atoms in total. The zero-order chi connectivity index (χ0) is 25.1. The molecule has 1 saturated heterocycles. The van der Waals surface area contributed by atoms with E-state index >= 15 is 0 Å². The summed E-state index contributed by atoms with van der Waals surface area (Å²) < 4.78 is 17.1. The number of epoxide rings is 1. The lowest BCUT2D eigenvalue weighted by Crippen LogP contribution is -2.51. The van der Waals surface area contributed by atoms with E-state index in [1.807, 2.05) is 0 Å². The Bertz CT molecular complexity index is 828. The van der Waals surface area contributed by atoms with E-state index in [0.29, 0.717) is 25.2 Å². The number of carbonyl (C=O) groups excluding carboxylic acids is 2. The molecule has 0 aromatic rings. The second kappa shape index (κ2) is 11.1. The highest BCUT2D eigenvalue weighted by Gasteiger charge is 2.63. The molecular weight excluding hydrogens is 448 g/mol. The fourth-order valence-electron chi connectivity index (χ4n) is 5.82. The number of methoxy groups -OCH3 is 1. The number of carbonyl (C=O) groups is 2. The third kappa shape index (κ3) is 5.84. The van der Waals surface area contributed by atoms with Crippen LogP contribution >= 0.6 is 0 Å². The van der Waals surface area contributed by atoms with Crippen LogP contribution in [0, 0.1) is 35.0 Å². The van der Waals surface area contributed by atoms with Crippen molar-refractivity contribution in [3.8, 4) is 11.8 Å². The Morgan fingerprint density at radius 2 is 1.97 bits per heavy atom. The molecular formula is C27H42O6Si. The van der Waals surface area contributed by atoms with Crippen molar-refractivity contribution in [2.45, 2.75) is 103 Å². The minimum absolute atomic E-state index is 0.0580. The van der Waals surface area contributed by atoms with E-state index in [1.165, 1.54) is 20.0 Å². The van der Waals surface area contributed by atoms with Gasteiger partial charge in [-0.25, -0.2) is 0 Å². The maximum absolute atomic E-state index is 12.9. The van der Waals surface area contributed by atoms with Gasteiger partial charge in [0, 0.05) is 18.8 Å². The number of fused-ring (bicyclic) bond motifs is 1. The normalized spacial score (nSPS) is 29.6. The molecule has 190 valence electrons. The van der Waals surface area contributed by atoms with Crippen LogP contribution in [0.4, 0.5) is 0 Å². The first-order valence-electron chi connectivity index (χ1n) is 12.8. The lowest BCUT2D eigenvalue weighted by molar-refractivity contribution is -0.140. The number of ether oxygens (including phenoxy) is 2. The zero-order valence-corrected chi connectivity index (χ0v) is 22.8. The average molecular weight is 491 g/mol. The molecule has 34 heavy (non-hydrogen) atoms. The highest BCUT2D eigenvalue weighted by molar-refractivity contribution is 6.48. The molecule has 0 radical (unpaired) electrons. The molecule has 1 heterocycles. The number of aliphatic hydroxyl groups is 1. The van der Waals surface area contributed by atoms with Crippen LogP contribution in [-0.4, -0.2) is 56.9 Å². The van der Waals surface area contributed by atoms with Crippen LogP contribution < -0.4 is 0 Å². The molecule has 1 aliphatic heterocycles. The van der Waals surface area contributed by atoms with Crippen molar-refractivity contribution in [3.63, 3.8) is 0 Å². The Morgan fingerprint density at radius 3 is 2.56 bits per heavy atom. The van der Waals surface area contributed by atoms with E-state index in [4.69, 9.17) is 9.16 Å². The topological polar surface area (TPSA) is 85.4 Å². The SMILES string of the molecule is COC(=O)CCCC#CC(O)C1C(=O)C2OC2C1C=CC(O[SiH](C)C)(C1CCCC1)C(C)(C)C. The lowest BCUT2D eigenvalue weighted by atomic mass is 9.67. The Kier molecular flexibility index (Phi) is 8.83. The van der Waals surface area contributed by atoms with Crippen LogP contribution in [0.3, 0.4) is 0 Å². The van der Waals surface area contributed by atoms with Gasteiger partial charge < -0.3 is 19.0 Å². The Balaban J connectivity index is 1.80. The van der Waals surface area contributed by atoms with Gasteiger partial charge in [-0.2, -0.15) is 0 Å². The fraction of sp³-hybridized carbons (Fsp3) is 0.778. The standard InChI is InChI=1S/C27H42O6Si/c1-26(2,3)27(33-34(5)6,18-12-10-11-13-18)17-16-19-22(23(30)25-24(19)32-25)20(28)14-8-7-9-15-21(29)31-4/h16-20,22,24-25,28,34H,7,9-13,15H2,1-6H3. The molecule has 3 rings (SSSR count). The van der Waals surface area contributed by atoms with E-state index in [0.717, 1.165) is 12.8 Å². The van der Waals surface area contributed by atoms with Crippen molar-refractivity contribution in [1.82, 2.24) is 0 Å². The van der Waals surface area contributed by atoms with E-state index in [2.05, 4.69) is 62.6 Å². The van der Waals surface area contributed by atoms with Crippen molar-refractivity contribution in [1.29, 1.82) is 0 Å². The molecule has 7 heteroatoms. The summed E-state index contributed by atoms with van der Waals surface area (Å²) >= 11 is 0. The van der Waals surface area contributed by atoms with Gasteiger partial charge in [-0.3, -0.25) is 9.59 Å². The lowest BCUT2D eigenvalue weighted by Gasteiger charge is -2.49. The predicted octanol–water partition coefficient (Wildman–Crippen LogP) is 3.81. The van der Waals surface area contributed by atoms with Gasteiger partial charge in [0.25, 0.3) is 0 Å². The molecule has 6 atom stereocenters. The van der Waals surface area contributed by atoms with Gasteiger partial charge in [0.1, 0.15) is 12.2 Å². The number of esters is 1. The van der Waals surface area contributed by atoms with Crippen molar-refractivity contribution in [2.24, 2.45) is 23.2 Å². The number of hydrogen-bond acceptors (Lipinski definition) is 6. The van der Waals surface area contributed by atoms with Crippen LogP contribution in [0.2, 0.25) is 13.1 Å². The molecule has 0 spiro atoms. The maximum Gasteiger partial charge on any atom is 0.305 e. The second-order valence-electron chi connectivity index (χ2n) is 11.3. The van der Waals surface area contributed by atoms with Crippen LogP contribution in [0.1, 0.15) is 65.7 Å². The summed E-state index contributed by atoms with van der Waals surface area (Å²) in [6, 6.07) is 0. The number of ketones is 1. The predicted molar refractivity (Wildman–Crippen MR) is 134 cm³/mol. The summed E-state index contributed by atoms with van der Waals surface area (Å²) in [5.74, 6) is 5.10. The van der Waals surface area contributed by atoms with Gasteiger partial charge >= 0.3 is 5.97 Å². The van der Waals surface area contributed by atoms with Crippen molar-refractivity contribution in [2.75, 3.05) is 7.11 Å². The molecule has 6 unspecified atom stereocenters. The van der Waals surface area contributed by atoms with Gasteiger partial charge in [-0.05, 0) is 43.7 Å². The molecule has 3 aliphatic rings. The van der Waals surface area contributed by atoms with Gasteiger partial charge in [-0.15, -0.1) is 5.92 Å². The van der Waals surface area contributed by atoms with Gasteiger partial charge in [0.15, 0.2) is 14.8 Å². The molecule has 0 aromatic heterocycles. The van der Waals surface area contributed by atoms with Gasteiger partial charge in [0.2, 0.25) is 0 Å². The summed E-state index contributed by atoms with van der Waals surface area (Å²) in [6.07, 6.45) is 8.75. The number of Topliss-reactive ketones (excluding diaryl/α,β-unsaturated/α-hetero) is 1. The quantitative estimate of drug-likeness (QED) is 0.132. The largest absolute Gasteiger partial charge is 0.469 e. The molecule has 0 bridgehead atoms. The Hall–Kier alpha value is -1.46. The highest BCUT2D eigenvalue weighted by Crippen LogP contribution is 2.51. The molecule has 0 aromatic carbocycles. The van der Waals surface area contributed by atoms with Crippen molar-refractivity contribution >= 4 is 20.8 Å². The third-order valence-corrected chi connectivity index (χ3v) is 8.42. The Labute approximate surface area is 206 Å². The molecule has 3 fully saturated rings. The van der Waals surface area contributed by atoms with Gasteiger partial charge in [0.05, 0.1) is 24.7 Å². The van der Waals surface area contributed by atoms with Crippen LogP contribution in [0.15, 0.2) is 12.2 Å². The monoisotopic (exact) mass is 490 g/mol. The second-order valence-corrected chi connectivity index (χ2v) is 13.6. The van der Waals surface area contributed by atoms with E-state index in [-0.39, 0.29) is 29.2 Å². The number of rotatable bonds is 9. The summed E-state index contributed by atoms with van der Waals surface area (Å²) in [6.45, 7) is 11.2. The van der Waals surface area contributed by atoms with E-state index in [9.17, 15) is 14.7 Å². The van der Waals surface area contributed by atoms with Gasteiger partial charge in [-0.1, -0.05) is 51.7 Å². The first-order valence-corrected chi connectivity index (χ1v) is 15.6. The fourth-order valence-corrected chi connectivity index (χ4v) is 7.23. The summed E-state index contributed by atoms with van der Waals surface area (Å²) in [5.41, 5.74) is -0.495. The first kappa shape index (κ1) is 27.1. The van der Waals surface area contributed by atoms with E-state index in [1.54, 1.807) is 0 Å². The van der Waals surface area contributed by atoms with E-state index < -0.39 is 32.8 Å². The number of unbranched alkanes of at least 4 members (excludes halogenated alkanes) is 1. The van der Waals surface area contributed by atoms with Crippen molar-refractivity contribution < 1.29 is 28.6 Å². The minimum atomic E-state index is -1.36. The minimum Gasteiger partial charge on any atom is -0.469 e. The maximum atomic E-state index is 12.9. The zero-order valence-electron chi connectivity index (χ0n) is 21.6. The van der Waals surface area contributed by atoms with Crippen LogP contribution in [0.25, 0.3) is 0 Å². The first-order chi connectivity index (χ1) is 16.0. The summed E-state index contributed by atoms with van der Waals surface area (Å²) in [7, 11) is 0.00465. The molecule has 2 saturated carbocycles. The number of hydrogen-bond donors (Lipinski definition) is 1. The Morgan fingerprint density at radius 1 is 1.29 bits per heavy atom. The highest BCUT2D eigenvalue weighted by atomic mass is 28.3. The smallest absolute Gasteiger partial charge is 0.305 e. The van der Waals surface area contributed by atoms with Crippen LogP contribution in [-0.2, 0) is 23.5 Å². The number of aliphatic hydroxyl groups excluding tert-OH is 1. The average Bonchev–Trinajstić information content (AvgIpc) is 3.25. The molecule has 0 amide bonds. The summed E-state index contributed by atoms with van der Waals surface area (Å²) in [4.78, 5) is 24.1. The summed E-state index contributed by atoms with van der Waals surface area (Å²) in [5, 5.41) is 10.8. The third-order valence-electron chi connectivity index (χ3n) is 7.56. The molecule has 1 N–H and O–H groups in total.